The molecular weight excluding hydrogens is 204 g/mol. The molecule has 0 aromatic carbocycles. The molecule has 0 aliphatic carbocycles. The molecule has 0 spiro atoms. The number of hydrogen-bond donors (Lipinski definition) is 3. The number of carboxylic acids is 1. The number of aromatic amines is 2. The van der Waals surface area contributed by atoms with Gasteiger partial charge in [0, 0.05) is 0 Å². The Labute approximate surface area is 63.2 Å². The largest absolute Gasteiger partial charge is 0.476 e. The van der Waals surface area contributed by atoms with E-state index in [9.17, 15) is 9.59 Å². The fraction of sp³-hybridized carbons (Fsp3) is 0. The zero-order valence-electron chi connectivity index (χ0n) is 4.64. The highest BCUT2D eigenvalue weighted by atomic mass is 79.9. The first kappa shape index (κ1) is 7.07. The third-order valence-corrected chi connectivity index (χ3v) is 1.49. The molecule has 3 N–H and O–H groups in total. The van der Waals surface area contributed by atoms with Crippen LogP contribution in [0.3, 0.4) is 0 Å². The average Bonchev–Trinajstić information content (AvgIpc) is 2.10. The topological polar surface area (TPSA) is 85.9 Å². The highest BCUT2D eigenvalue weighted by Crippen LogP contribution is 2.07. The van der Waals surface area contributed by atoms with Gasteiger partial charge in [-0.15, -0.1) is 0 Å². The van der Waals surface area contributed by atoms with Crippen LogP contribution in [0.2, 0.25) is 0 Å². The third kappa shape index (κ3) is 1.10. The van der Waals surface area contributed by atoms with Crippen molar-refractivity contribution in [3.05, 3.63) is 20.8 Å². The van der Waals surface area contributed by atoms with Crippen LogP contribution in [-0.2, 0) is 0 Å². The number of carboxylic acid groups (broad SMARTS) is 1. The van der Waals surface area contributed by atoms with Crippen molar-refractivity contribution < 1.29 is 9.90 Å². The molecule has 0 amide bonds. The minimum atomic E-state index is -1.18. The molecule has 0 atom stereocenters. The van der Waals surface area contributed by atoms with E-state index < -0.39 is 11.7 Å². The number of aromatic carboxylic acids is 1. The predicted molar refractivity (Wildman–Crippen MR) is 36.1 cm³/mol. The summed E-state index contributed by atoms with van der Waals surface area (Å²) in [5.41, 5.74) is -0.700. The van der Waals surface area contributed by atoms with Crippen molar-refractivity contribution in [2.45, 2.75) is 0 Å². The van der Waals surface area contributed by atoms with E-state index in [0.29, 0.717) is 0 Å². The van der Waals surface area contributed by atoms with Crippen LogP contribution in [0.15, 0.2) is 9.40 Å². The highest BCUT2D eigenvalue weighted by Gasteiger charge is 2.10. The fourth-order valence-electron chi connectivity index (χ4n) is 0.509. The van der Waals surface area contributed by atoms with Crippen molar-refractivity contribution in [1.82, 2.24) is 9.97 Å². The van der Waals surface area contributed by atoms with E-state index in [0.717, 1.165) is 0 Å². The lowest BCUT2D eigenvalue weighted by atomic mass is 10.5. The molecule has 1 aromatic rings. The molecule has 0 saturated heterocycles. The molecule has 1 aromatic heterocycles. The van der Waals surface area contributed by atoms with Gasteiger partial charge in [-0.2, -0.15) is 0 Å². The second-order valence-electron chi connectivity index (χ2n) is 1.57. The second-order valence-corrected chi connectivity index (χ2v) is 2.37. The Hall–Kier alpha value is -1.04. The number of aromatic nitrogens is 2. The summed E-state index contributed by atoms with van der Waals surface area (Å²) in [6.07, 6.45) is 0. The molecule has 0 radical (unpaired) electrons. The Balaban J connectivity index is 3.28. The van der Waals surface area contributed by atoms with Gasteiger partial charge in [0.2, 0.25) is 0 Å². The first-order valence-corrected chi connectivity index (χ1v) is 3.11. The molecule has 1 rings (SSSR count). The summed E-state index contributed by atoms with van der Waals surface area (Å²) in [7, 11) is 0. The SMILES string of the molecule is O=C(O)c1[nH]c(=O)[nH]c1Br. The second kappa shape index (κ2) is 2.30. The summed E-state index contributed by atoms with van der Waals surface area (Å²) in [5.74, 6) is -1.18. The van der Waals surface area contributed by atoms with Crippen molar-refractivity contribution in [2.75, 3.05) is 0 Å². The monoisotopic (exact) mass is 206 g/mol. The summed E-state index contributed by atoms with van der Waals surface area (Å²) in [6, 6.07) is 0. The van der Waals surface area contributed by atoms with Crippen LogP contribution in [0.4, 0.5) is 0 Å². The molecule has 0 bridgehead atoms. The quantitative estimate of drug-likeness (QED) is 0.613. The normalized spacial score (nSPS) is 9.70. The Kier molecular flexibility index (Phi) is 1.62. The number of H-pyrrole nitrogens is 2. The average molecular weight is 207 g/mol. The van der Waals surface area contributed by atoms with E-state index in [1.807, 2.05) is 0 Å². The maximum absolute atomic E-state index is 10.4. The van der Waals surface area contributed by atoms with Crippen LogP contribution in [-0.4, -0.2) is 21.0 Å². The number of nitrogens with one attached hydrogen (secondary N) is 2. The number of carbonyl (C=O) groups is 1. The van der Waals surface area contributed by atoms with Crippen LogP contribution < -0.4 is 5.69 Å². The van der Waals surface area contributed by atoms with E-state index >= 15 is 0 Å². The minimum absolute atomic E-state index is 0.157. The fourth-order valence-corrected chi connectivity index (χ4v) is 0.958. The molecule has 54 valence electrons. The molecule has 1 heterocycles. The first-order chi connectivity index (χ1) is 4.61. The lowest BCUT2D eigenvalue weighted by molar-refractivity contribution is 0.0690. The van der Waals surface area contributed by atoms with Crippen LogP contribution >= 0.6 is 15.9 Å². The van der Waals surface area contributed by atoms with Crippen molar-refractivity contribution in [3.8, 4) is 0 Å². The first-order valence-electron chi connectivity index (χ1n) is 2.32. The molecule has 10 heavy (non-hydrogen) atoms. The molecule has 5 nitrogen and oxygen atoms in total. The van der Waals surface area contributed by atoms with Gasteiger partial charge in [0.05, 0.1) is 0 Å². The van der Waals surface area contributed by atoms with Gasteiger partial charge in [0.1, 0.15) is 4.60 Å². The Bertz CT molecular complexity index is 313. The molecular formula is C4H3BrN2O3. The van der Waals surface area contributed by atoms with Gasteiger partial charge in [-0.3, -0.25) is 9.97 Å². The van der Waals surface area contributed by atoms with Crippen molar-refractivity contribution >= 4 is 21.9 Å². The van der Waals surface area contributed by atoms with Crippen LogP contribution in [0.1, 0.15) is 10.5 Å². The zero-order chi connectivity index (χ0) is 7.72. The minimum Gasteiger partial charge on any atom is -0.476 e. The van der Waals surface area contributed by atoms with E-state index in [1.165, 1.54) is 0 Å². The molecule has 0 aliphatic rings. The summed E-state index contributed by atoms with van der Waals surface area (Å²) >= 11 is 2.85. The van der Waals surface area contributed by atoms with Crippen molar-refractivity contribution in [2.24, 2.45) is 0 Å². The smallest absolute Gasteiger partial charge is 0.355 e. The van der Waals surface area contributed by atoms with Crippen molar-refractivity contribution in [3.63, 3.8) is 0 Å². The van der Waals surface area contributed by atoms with Gasteiger partial charge in [-0.05, 0) is 15.9 Å². The molecule has 6 heteroatoms. The Morgan fingerprint density at radius 3 is 2.30 bits per heavy atom. The number of imidazole rings is 1. The van der Waals surface area contributed by atoms with Crippen LogP contribution in [0.5, 0.6) is 0 Å². The molecule has 0 unspecified atom stereocenters. The maximum atomic E-state index is 10.4. The van der Waals surface area contributed by atoms with Gasteiger partial charge < -0.3 is 5.11 Å². The van der Waals surface area contributed by atoms with E-state index in [-0.39, 0.29) is 10.3 Å². The molecule has 0 saturated carbocycles. The van der Waals surface area contributed by atoms with Gasteiger partial charge in [0.15, 0.2) is 5.69 Å². The number of rotatable bonds is 1. The number of hydrogen-bond acceptors (Lipinski definition) is 2. The van der Waals surface area contributed by atoms with Gasteiger partial charge >= 0.3 is 11.7 Å². The summed E-state index contributed by atoms with van der Waals surface area (Å²) < 4.78 is 0.157. The van der Waals surface area contributed by atoms with Gasteiger partial charge in [-0.1, -0.05) is 0 Å². The predicted octanol–water partition coefficient (Wildman–Crippen LogP) is 0.164. The van der Waals surface area contributed by atoms with Crippen LogP contribution in [0, 0.1) is 0 Å². The standard InChI is InChI=1S/C4H3BrN2O3/c5-2-1(3(8)9)6-4(10)7-2/h(H,8,9)(H2,6,7,10). The zero-order valence-corrected chi connectivity index (χ0v) is 6.23. The lowest BCUT2D eigenvalue weighted by Gasteiger charge is -1.84. The van der Waals surface area contributed by atoms with E-state index in [2.05, 4.69) is 25.9 Å². The van der Waals surface area contributed by atoms with E-state index in [1.54, 1.807) is 0 Å². The third-order valence-electron chi connectivity index (χ3n) is 0.895. The Morgan fingerprint density at radius 2 is 2.10 bits per heavy atom. The van der Waals surface area contributed by atoms with Crippen molar-refractivity contribution in [1.29, 1.82) is 0 Å². The molecule has 0 fully saturated rings. The van der Waals surface area contributed by atoms with Crippen LogP contribution in [0.25, 0.3) is 0 Å². The highest BCUT2D eigenvalue weighted by molar-refractivity contribution is 9.10. The van der Waals surface area contributed by atoms with Gasteiger partial charge in [-0.25, -0.2) is 9.59 Å². The Morgan fingerprint density at radius 1 is 1.50 bits per heavy atom. The maximum Gasteiger partial charge on any atom is 0.355 e. The summed E-state index contributed by atoms with van der Waals surface area (Å²) in [5, 5.41) is 8.36. The van der Waals surface area contributed by atoms with E-state index in [4.69, 9.17) is 5.11 Å². The number of halogens is 1. The lowest BCUT2D eigenvalue weighted by Crippen LogP contribution is -2.03. The van der Waals surface area contributed by atoms with Gasteiger partial charge in [0.25, 0.3) is 0 Å². The molecule has 0 aliphatic heterocycles. The summed E-state index contributed by atoms with van der Waals surface area (Å²) in [4.78, 5) is 24.9. The summed E-state index contributed by atoms with van der Waals surface area (Å²) in [6.45, 7) is 0.